The van der Waals surface area contributed by atoms with Crippen LogP contribution in [0.1, 0.15) is 37.7 Å². The lowest BCUT2D eigenvalue weighted by atomic mass is 10.0. The first-order chi connectivity index (χ1) is 8.55. The zero-order valence-corrected chi connectivity index (χ0v) is 12.2. The molecule has 0 bridgehead atoms. The quantitative estimate of drug-likeness (QED) is 0.836. The average Bonchev–Trinajstić information content (AvgIpc) is 2.39. The van der Waals surface area contributed by atoms with Crippen molar-refractivity contribution >= 4 is 25.8 Å². The van der Waals surface area contributed by atoms with Gasteiger partial charge >= 0.3 is 0 Å². The minimum atomic E-state index is -3.48. The number of hydrogen-bond donors (Lipinski definition) is 0. The van der Waals surface area contributed by atoms with Crippen molar-refractivity contribution in [2.24, 2.45) is 0 Å². The predicted molar refractivity (Wildman–Crippen MR) is 70.7 cm³/mol. The van der Waals surface area contributed by atoms with E-state index in [9.17, 15) is 8.42 Å². The molecule has 1 fully saturated rings. The van der Waals surface area contributed by atoms with Crippen LogP contribution in [0.4, 0.5) is 0 Å². The molecule has 1 heterocycles. The van der Waals surface area contributed by atoms with Crippen LogP contribution < -0.4 is 0 Å². The Hall–Kier alpha value is -0.930. The van der Waals surface area contributed by atoms with Crippen molar-refractivity contribution in [3.8, 4) is 6.07 Å². The van der Waals surface area contributed by atoms with Gasteiger partial charge in [0.15, 0.2) is 14.9 Å². The van der Waals surface area contributed by atoms with E-state index in [1.165, 1.54) is 12.3 Å². The van der Waals surface area contributed by atoms with Gasteiger partial charge in [-0.15, -0.1) is 0 Å². The number of aromatic nitrogens is 1. The van der Waals surface area contributed by atoms with Crippen LogP contribution in [0.3, 0.4) is 0 Å². The largest absolute Gasteiger partial charge is 0.242 e. The lowest BCUT2D eigenvalue weighted by molar-refractivity contribution is 0.482. The van der Waals surface area contributed by atoms with Crippen molar-refractivity contribution in [3.05, 3.63) is 22.3 Å². The van der Waals surface area contributed by atoms with Gasteiger partial charge in [0, 0.05) is 10.7 Å². The summed E-state index contributed by atoms with van der Waals surface area (Å²) in [6, 6.07) is 3.41. The molecule has 1 saturated carbocycles. The summed E-state index contributed by atoms with van der Waals surface area (Å²) in [5, 5.41) is 8.58. The Bertz CT molecular complexity index is 587. The van der Waals surface area contributed by atoms with Gasteiger partial charge < -0.3 is 0 Å². The maximum absolute atomic E-state index is 12.4. The third kappa shape index (κ3) is 2.57. The molecule has 0 aromatic carbocycles. The Labute approximate surface area is 115 Å². The Kier molecular flexibility index (Phi) is 4.03. The normalized spacial score (nSPS) is 17.3. The van der Waals surface area contributed by atoms with Crippen molar-refractivity contribution in [1.29, 1.82) is 5.26 Å². The fraction of sp³-hybridized carbons (Fsp3) is 0.500. The number of hydrogen-bond acceptors (Lipinski definition) is 4. The van der Waals surface area contributed by atoms with Crippen LogP contribution in [0.5, 0.6) is 0 Å². The molecule has 0 amide bonds. The zero-order chi connectivity index (χ0) is 13.2. The average molecular weight is 329 g/mol. The summed E-state index contributed by atoms with van der Waals surface area (Å²) in [5.74, 6) is 0. The summed E-state index contributed by atoms with van der Waals surface area (Å²) < 4.78 is 25.5. The van der Waals surface area contributed by atoms with Crippen molar-refractivity contribution in [1.82, 2.24) is 4.98 Å². The van der Waals surface area contributed by atoms with Gasteiger partial charge in [0.25, 0.3) is 0 Å². The summed E-state index contributed by atoms with van der Waals surface area (Å²) in [6.07, 6.45) is 5.72. The predicted octanol–water partition coefficient (Wildman–Crippen LogP) is 2.82. The smallest absolute Gasteiger partial charge is 0.199 e. The zero-order valence-electron chi connectivity index (χ0n) is 9.76. The third-order valence-corrected chi connectivity index (χ3v) is 5.85. The number of halogens is 1. The highest BCUT2D eigenvalue weighted by Crippen LogP contribution is 2.29. The van der Waals surface area contributed by atoms with Crippen LogP contribution in [0, 0.1) is 11.3 Å². The highest BCUT2D eigenvalue weighted by atomic mass is 79.9. The Morgan fingerprint density at radius 1 is 1.33 bits per heavy atom. The van der Waals surface area contributed by atoms with Crippen LogP contribution in [0.2, 0.25) is 0 Å². The minimum absolute atomic E-state index is 0.0694. The lowest BCUT2D eigenvalue weighted by Crippen LogP contribution is -2.25. The summed E-state index contributed by atoms with van der Waals surface area (Å²) in [7, 11) is -3.48. The molecule has 18 heavy (non-hydrogen) atoms. The molecule has 1 aliphatic carbocycles. The first kappa shape index (κ1) is 13.5. The first-order valence-electron chi connectivity index (χ1n) is 5.85. The van der Waals surface area contributed by atoms with Gasteiger partial charge in [-0.05, 0) is 34.8 Å². The molecular weight excluding hydrogens is 316 g/mol. The molecule has 4 nitrogen and oxygen atoms in total. The number of nitrogens with zero attached hydrogens (tertiary/aromatic N) is 2. The molecule has 1 aliphatic rings. The van der Waals surface area contributed by atoms with Crippen molar-refractivity contribution < 1.29 is 8.42 Å². The van der Waals surface area contributed by atoms with Crippen LogP contribution >= 0.6 is 15.9 Å². The molecule has 2 rings (SSSR count). The van der Waals surface area contributed by atoms with E-state index in [-0.39, 0.29) is 15.8 Å². The SMILES string of the molecule is N#Cc1cc(Br)cnc1S(=O)(=O)C1CCCCC1. The molecule has 96 valence electrons. The van der Waals surface area contributed by atoms with Crippen LogP contribution in [0.15, 0.2) is 21.8 Å². The highest BCUT2D eigenvalue weighted by molar-refractivity contribution is 9.10. The highest BCUT2D eigenvalue weighted by Gasteiger charge is 2.32. The first-order valence-corrected chi connectivity index (χ1v) is 8.19. The van der Waals surface area contributed by atoms with Crippen molar-refractivity contribution in [2.45, 2.75) is 42.4 Å². The van der Waals surface area contributed by atoms with E-state index in [0.717, 1.165) is 19.3 Å². The number of pyridine rings is 1. The molecule has 0 radical (unpaired) electrons. The van der Waals surface area contributed by atoms with E-state index in [1.807, 2.05) is 6.07 Å². The second-order valence-corrected chi connectivity index (χ2v) is 7.48. The van der Waals surface area contributed by atoms with Gasteiger partial charge in [0.05, 0.1) is 10.8 Å². The monoisotopic (exact) mass is 328 g/mol. The van der Waals surface area contributed by atoms with Gasteiger partial charge in [-0.2, -0.15) is 5.26 Å². The van der Waals surface area contributed by atoms with Crippen LogP contribution in [-0.2, 0) is 9.84 Å². The molecule has 0 unspecified atom stereocenters. The standard InChI is InChI=1S/C12H13BrN2O2S/c13-10-6-9(7-14)12(15-8-10)18(16,17)11-4-2-1-3-5-11/h6,8,11H,1-5H2. The van der Waals surface area contributed by atoms with Gasteiger partial charge in [0.2, 0.25) is 0 Å². The molecule has 0 N–H and O–H groups in total. The Balaban J connectivity index is 2.44. The molecule has 6 heteroatoms. The number of rotatable bonds is 2. The maximum atomic E-state index is 12.4. The second kappa shape index (κ2) is 5.37. The molecule has 0 atom stereocenters. The summed E-state index contributed by atoms with van der Waals surface area (Å²) in [5.41, 5.74) is 0.120. The molecule has 1 aromatic heterocycles. The molecule has 0 saturated heterocycles. The topological polar surface area (TPSA) is 70.8 Å². The van der Waals surface area contributed by atoms with E-state index in [2.05, 4.69) is 20.9 Å². The molecular formula is C12H13BrN2O2S. The van der Waals surface area contributed by atoms with Crippen molar-refractivity contribution in [3.63, 3.8) is 0 Å². The third-order valence-electron chi connectivity index (χ3n) is 3.20. The lowest BCUT2D eigenvalue weighted by Gasteiger charge is -2.21. The fourth-order valence-electron chi connectivity index (χ4n) is 2.27. The van der Waals surface area contributed by atoms with Crippen molar-refractivity contribution in [2.75, 3.05) is 0 Å². The van der Waals surface area contributed by atoms with Crippen LogP contribution in [0.25, 0.3) is 0 Å². The van der Waals surface area contributed by atoms with Gasteiger partial charge in [-0.1, -0.05) is 19.3 Å². The van der Waals surface area contributed by atoms with Gasteiger partial charge in [0.1, 0.15) is 6.07 Å². The van der Waals surface area contributed by atoms with Crippen LogP contribution in [-0.4, -0.2) is 18.7 Å². The minimum Gasteiger partial charge on any atom is -0.242 e. The van der Waals surface area contributed by atoms with E-state index in [4.69, 9.17) is 5.26 Å². The Morgan fingerprint density at radius 2 is 2.00 bits per heavy atom. The fourth-order valence-corrected chi connectivity index (χ4v) is 4.48. The summed E-state index contributed by atoms with van der Waals surface area (Å²) >= 11 is 3.19. The van der Waals surface area contributed by atoms with Gasteiger partial charge in [-0.25, -0.2) is 13.4 Å². The van der Waals surface area contributed by atoms with E-state index >= 15 is 0 Å². The molecule has 0 aliphatic heterocycles. The Morgan fingerprint density at radius 3 is 2.61 bits per heavy atom. The summed E-state index contributed by atoms with van der Waals surface area (Å²) in [4.78, 5) is 3.94. The number of sulfone groups is 1. The molecule has 0 spiro atoms. The van der Waals surface area contributed by atoms with E-state index in [0.29, 0.717) is 17.3 Å². The summed E-state index contributed by atoms with van der Waals surface area (Å²) in [6.45, 7) is 0. The second-order valence-electron chi connectivity index (χ2n) is 4.42. The number of nitriles is 1. The van der Waals surface area contributed by atoms with Gasteiger partial charge in [-0.3, -0.25) is 0 Å². The van der Waals surface area contributed by atoms with E-state index < -0.39 is 9.84 Å². The van der Waals surface area contributed by atoms with E-state index in [1.54, 1.807) is 0 Å². The maximum Gasteiger partial charge on any atom is 0.199 e. The molecule has 1 aromatic rings.